The van der Waals surface area contributed by atoms with Crippen LogP contribution in [0.15, 0.2) is 18.2 Å². The standard InChI is InChI=1S/C11H10N2O2/c1-8-6-9(13(14)15)2-3-10(8)11(7-12)4-5-11/h2-3,6H,4-5H2,1H3. The predicted octanol–water partition coefficient (Wildman–Crippen LogP) is 2.46. The fourth-order valence-corrected chi connectivity index (χ4v) is 1.86. The lowest BCUT2D eigenvalue weighted by atomic mass is 9.93. The average molecular weight is 202 g/mol. The molecular formula is C11H10N2O2. The van der Waals surface area contributed by atoms with Crippen molar-refractivity contribution in [3.8, 4) is 6.07 Å². The molecule has 0 atom stereocenters. The van der Waals surface area contributed by atoms with E-state index in [-0.39, 0.29) is 11.1 Å². The van der Waals surface area contributed by atoms with E-state index in [1.54, 1.807) is 6.07 Å². The largest absolute Gasteiger partial charge is 0.269 e. The third kappa shape index (κ3) is 1.46. The van der Waals surface area contributed by atoms with Gasteiger partial charge in [-0.3, -0.25) is 10.1 Å². The molecule has 4 nitrogen and oxygen atoms in total. The van der Waals surface area contributed by atoms with Crippen LogP contribution < -0.4 is 0 Å². The summed E-state index contributed by atoms with van der Waals surface area (Å²) < 4.78 is 0. The van der Waals surface area contributed by atoms with E-state index >= 15 is 0 Å². The summed E-state index contributed by atoms with van der Waals surface area (Å²) in [5.41, 5.74) is 1.50. The second-order valence-electron chi connectivity index (χ2n) is 3.95. The number of non-ortho nitro benzene ring substituents is 1. The van der Waals surface area contributed by atoms with Crippen LogP contribution in [0.25, 0.3) is 0 Å². The van der Waals surface area contributed by atoms with E-state index < -0.39 is 4.92 Å². The number of nitro groups is 1. The molecule has 0 unspecified atom stereocenters. The highest BCUT2D eigenvalue weighted by Crippen LogP contribution is 2.48. The van der Waals surface area contributed by atoms with Gasteiger partial charge in [-0.1, -0.05) is 6.07 Å². The first kappa shape index (κ1) is 9.66. The van der Waals surface area contributed by atoms with Crippen LogP contribution in [0.3, 0.4) is 0 Å². The fraction of sp³-hybridized carbons (Fsp3) is 0.364. The van der Waals surface area contributed by atoms with Crippen LogP contribution in [0.1, 0.15) is 24.0 Å². The molecule has 0 N–H and O–H groups in total. The maximum atomic E-state index is 10.5. The van der Waals surface area contributed by atoms with E-state index in [1.165, 1.54) is 12.1 Å². The molecule has 0 aliphatic heterocycles. The Morgan fingerprint density at radius 1 is 1.53 bits per heavy atom. The van der Waals surface area contributed by atoms with Gasteiger partial charge in [0.25, 0.3) is 5.69 Å². The van der Waals surface area contributed by atoms with Crippen LogP contribution in [0.4, 0.5) is 5.69 Å². The van der Waals surface area contributed by atoms with E-state index in [4.69, 9.17) is 5.26 Å². The van der Waals surface area contributed by atoms with Crippen molar-refractivity contribution < 1.29 is 4.92 Å². The summed E-state index contributed by atoms with van der Waals surface area (Å²) in [5, 5.41) is 19.6. The molecule has 1 saturated carbocycles. The molecule has 4 heteroatoms. The van der Waals surface area contributed by atoms with E-state index in [1.807, 2.05) is 6.92 Å². The number of hydrogen-bond acceptors (Lipinski definition) is 3. The molecule has 15 heavy (non-hydrogen) atoms. The molecule has 0 aromatic heterocycles. The highest BCUT2D eigenvalue weighted by atomic mass is 16.6. The molecule has 1 aromatic carbocycles. The number of nitrogens with zero attached hydrogens (tertiary/aromatic N) is 2. The summed E-state index contributed by atoms with van der Waals surface area (Å²) in [7, 11) is 0. The van der Waals surface area contributed by atoms with Crippen molar-refractivity contribution in [1.29, 1.82) is 5.26 Å². The van der Waals surface area contributed by atoms with E-state index in [9.17, 15) is 10.1 Å². The summed E-state index contributed by atoms with van der Waals surface area (Å²) in [6.45, 7) is 1.82. The lowest BCUT2D eigenvalue weighted by molar-refractivity contribution is -0.384. The van der Waals surface area contributed by atoms with Gasteiger partial charge in [-0.2, -0.15) is 5.26 Å². The number of rotatable bonds is 2. The smallest absolute Gasteiger partial charge is 0.258 e. The fourth-order valence-electron chi connectivity index (χ4n) is 1.86. The van der Waals surface area contributed by atoms with Crippen LogP contribution in [0.2, 0.25) is 0 Å². The Labute approximate surface area is 87.3 Å². The number of nitriles is 1. The van der Waals surface area contributed by atoms with Crippen molar-refractivity contribution >= 4 is 5.69 Å². The number of aryl methyl sites for hydroxylation is 1. The topological polar surface area (TPSA) is 66.9 Å². The minimum Gasteiger partial charge on any atom is -0.258 e. The lowest BCUT2D eigenvalue weighted by Gasteiger charge is -2.09. The minimum atomic E-state index is -0.414. The van der Waals surface area contributed by atoms with Gasteiger partial charge in [0.15, 0.2) is 0 Å². The van der Waals surface area contributed by atoms with Crippen molar-refractivity contribution in [2.45, 2.75) is 25.2 Å². The van der Waals surface area contributed by atoms with Crippen molar-refractivity contribution in [2.24, 2.45) is 0 Å². The highest BCUT2D eigenvalue weighted by Gasteiger charge is 2.45. The van der Waals surface area contributed by atoms with Gasteiger partial charge in [-0.25, -0.2) is 0 Å². The summed E-state index contributed by atoms with van der Waals surface area (Å²) in [6, 6.07) is 7.01. The first-order valence-corrected chi connectivity index (χ1v) is 4.76. The quantitative estimate of drug-likeness (QED) is 0.546. The lowest BCUT2D eigenvalue weighted by Crippen LogP contribution is -2.05. The van der Waals surface area contributed by atoms with Crippen molar-refractivity contribution in [3.63, 3.8) is 0 Å². The molecule has 1 fully saturated rings. The van der Waals surface area contributed by atoms with Gasteiger partial charge in [-0.05, 0) is 30.9 Å². The van der Waals surface area contributed by atoms with Crippen LogP contribution >= 0.6 is 0 Å². The second-order valence-corrected chi connectivity index (χ2v) is 3.95. The van der Waals surface area contributed by atoms with Crippen LogP contribution in [0.5, 0.6) is 0 Å². The molecule has 1 aliphatic rings. The van der Waals surface area contributed by atoms with Gasteiger partial charge >= 0.3 is 0 Å². The summed E-state index contributed by atoms with van der Waals surface area (Å²) in [5.74, 6) is 0. The number of benzene rings is 1. The molecule has 0 saturated heterocycles. The first-order valence-electron chi connectivity index (χ1n) is 4.76. The SMILES string of the molecule is Cc1cc([N+](=O)[O-])ccc1C1(C#N)CC1. The number of hydrogen-bond donors (Lipinski definition) is 0. The Morgan fingerprint density at radius 2 is 2.20 bits per heavy atom. The van der Waals surface area contributed by atoms with Gasteiger partial charge in [0.05, 0.1) is 16.4 Å². The van der Waals surface area contributed by atoms with Gasteiger partial charge in [0, 0.05) is 12.1 Å². The summed E-state index contributed by atoms with van der Waals surface area (Å²) >= 11 is 0. The van der Waals surface area contributed by atoms with Crippen molar-refractivity contribution in [3.05, 3.63) is 39.4 Å². The van der Waals surface area contributed by atoms with E-state index in [2.05, 4.69) is 6.07 Å². The van der Waals surface area contributed by atoms with Gasteiger partial charge in [0.2, 0.25) is 0 Å². The molecule has 0 spiro atoms. The Morgan fingerprint density at radius 3 is 2.60 bits per heavy atom. The zero-order valence-electron chi connectivity index (χ0n) is 8.36. The Balaban J connectivity index is 2.45. The molecule has 0 amide bonds. The van der Waals surface area contributed by atoms with E-state index in [0.717, 1.165) is 24.0 Å². The Kier molecular flexibility index (Phi) is 1.97. The molecule has 0 radical (unpaired) electrons. The summed E-state index contributed by atoms with van der Waals surface area (Å²) in [6.07, 6.45) is 1.73. The second kappa shape index (κ2) is 3.06. The third-order valence-corrected chi connectivity index (χ3v) is 2.90. The van der Waals surface area contributed by atoms with Gasteiger partial charge in [-0.15, -0.1) is 0 Å². The number of nitro benzene ring substituents is 1. The van der Waals surface area contributed by atoms with Crippen molar-refractivity contribution in [2.75, 3.05) is 0 Å². The maximum absolute atomic E-state index is 10.5. The molecule has 1 aliphatic carbocycles. The van der Waals surface area contributed by atoms with Gasteiger partial charge < -0.3 is 0 Å². The molecule has 2 rings (SSSR count). The third-order valence-electron chi connectivity index (χ3n) is 2.90. The van der Waals surface area contributed by atoms with E-state index in [0.29, 0.717) is 0 Å². The van der Waals surface area contributed by atoms with Crippen LogP contribution in [0, 0.1) is 28.4 Å². The van der Waals surface area contributed by atoms with Crippen LogP contribution in [-0.4, -0.2) is 4.92 Å². The zero-order valence-corrected chi connectivity index (χ0v) is 8.36. The molecule has 0 bridgehead atoms. The van der Waals surface area contributed by atoms with Gasteiger partial charge in [0.1, 0.15) is 0 Å². The normalized spacial score (nSPS) is 16.8. The zero-order chi connectivity index (χ0) is 11.1. The minimum absolute atomic E-state index is 0.0880. The predicted molar refractivity (Wildman–Crippen MR) is 54.4 cm³/mol. The van der Waals surface area contributed by atoms with Crippen molar-refractivity contribution in [1.82, 2.24) is 0 Å². The van der Waals surface area contributed by atoms with Crippen LogP contribution in [-0.2, 0) is 5.41 Å². The average Bonchev–Trinajstić information content (AvgIpc) is 2.98. The molecule has 1 aromatic rings. The molecule has 0 heterocycles. The maximum Gasteiger partial charge on any atom is 0.269 e. The highest BCUT2D eigenvalue weighted by molar-refractivity contribution is 5.48. The molecule has 76 valence electrons. The Bertz CT molecular complexity index is 470. The monoisotopic (exact) mass is 202 g/mol. The first-order chi connectivity index (χ1) is 7.09. The Hall–Kier alpha value is -1.89. The summed E-state index contributed by atoms with van der Waals surface area (Å²) in [4.78, 5) is 10.1. The molecular weight excluding hydrogens is 192 g/mol.